The van der Waals surface area contributed by atoms with Crippen LogP contribution in [0.1, 0.15) is 23.6 Å². The molecule has 2 heterocycles. The van der Waals surface area contributed by atoms with Gasteiger partial charge >= 0.3 is 0 Å². The number of nitrogens with zero attached hydrogens (tertiary/aromatic N) is 4. The minimum Gasteiger partial charge on any atom is -0.377 e. The molecule has 0 saturated carbocycles. The van der Waals surface area contributed by atoms with Gasteiger partial charge in [-0.25, -0.2) is 18.4 Å². The van der Waals surface area contributed by atoms with Gasteiger partial charge in [-0.15, -0.1) is 0 Å². The lowest BCUT2D eigenvalue weighted by Gasteiger charge is -2.25. The van der Waals surface area contributed by atoms with Crippen LogP contribution >= 0.6 is 0 Å². The summed E-state index contributed by atoms with van der Waals surface area (Å²) in [6.07, 6.45) is 2.09. The first-order valence-electron chi connectivity index (χ1n) is 8.91. The third-order valence-corrected chi connectivity index (χ3v) is 4.43. The molecule has 9 heteroatoms. The van der Waals surface area contributed by atoms with Crippen LogP contribution in [0.4, 0.5) is 8.78 Å². The molecule has 1 aliphatic heterocycles. The number of methoxy groups -OCH3 is 1. The van der Waals surface area contributed by atoms with E-state index in [1.54, 1.807) is 14.2 Å². The molecular weight excluding hydrogens is 354 g/mol. The Labute approximate surface area is 156 Å². The number of guanidine groups is 1. The number of ether oxygens (including phenoxy) is 1. The molecule has 146 valence electrons. The summed E-state index contributed by atoms with van der Waals surface area (Å²) in [7, 11) is 3.30. The average molecular weight is 378 g/mol. The molecule has 2 N–H and O–H groups in total. The van der Waals surface area contributed by atoms with E-state index in [9.17, 15) is 8.78 Å². The first-order valence-corrected chi connectivity index (χ1v) is 8.91. The van der Waals surface area contributed by atoms with Crippen molar-refractivity contribution in [3.63, 3.8) is 0 Å². The Kier molecular flexibility index (Phi) is 6.33. The largest absolute Gasteiger partial charge is 0.377 e. The smallest absolute Gasteiger partial charge is 0.191 e. The van der Waals surface area contributed by atoms with Crippen molar-refractivity contribution in [1.29, 1.82) is 0 Å². The van der Waals surface area contributed by atoms with Gasteiger partial charge in [0.2, 0.25) is 0 Å². The molecule has 27 heavy (non-hydrogen) atoms. The van der Waals surface area contributed by atoms with E-state index in [1.165, 1.54) is 6.07 Å². The van der Waals surface area contributed by atoms with Gasteiger partial charge in [-0.2, -0.15) is 5.10 Å². The number of aryl methyl sites for hydroxylation is 1. The van der Waals surface area contributed by atoms with Gasteiger partial charge < -0.3 is 15.4 Å². The molecular formula is C18H24F2N6O. The summed E-state index contributed by atoms with van der Waals surface area (Å²) in [4.78, 5) is 8.67. The normalized spacial score (nSPS) is 16.9. The van der Waals surface area contributed by atoms with Crippen LogP contribution in [0.25, 0.3) is 0 Å². The van der Waals surface area contributed by atoms with E-state index in [0.29, 0.717) is 43.5 Å². The maximum Gasteiger partial charge on any atom is 0.191 e. The summed E-state index contributed by atoms with van der Waals surface area (Å²) in [5, 5.41) is 10.9. The summed E-state index contributed by atoms with van der Waals surface area (Å²) in [5.41, 5.74) is 0.341. The van der Waals surface area contributed by atoms with E-state index in [2.05, 4.69) is 25.7 Å². The first kappa shape index (κ1) is 19.2. The van der Waals surface area contributed by atoms with Crippen LogP contribution < -0.4 is 10.6 Å². The molecule has 7 nitrogen and oxygen atoms in total. The Morgan fingerprint density at radius 2 is 2.26 bits per heavy atom. The molecule has 0 radical (unpaired) electrons. The standard InChI is InChI=1S/C18H24F2N6O/c1-21-18(22-8-7-12-9-13(19)3-5-15(12)20)23-14-4-6-17-24-16(11-27-2)25-26(17)10-14/h3,5,9,14H,4,6-8,10-11H2,1-2H3,(H2,21,22,23). The van der Waals surface area contributed by atoms with E-state index in [-0.39, 0.29) is 6.04 Å². The number of rotatable bonds is 6. The molecule has 1 unspecified atom stereocenters. The number of hydrogen-bond acceptors (Lipinski definition) is 4. The van der Waals surface area contributed by atoms with Crippen molar-refractivity contribution in [2.75, 3.05) is 20.7 Å². The number of hydrogen-bond donors (Lipinski definition) is 2. The second-order valence-corrected chi connectivity index (χ2v) is 6.42. The van der Waals surface area contributed by atoms with E-state index in [1.807, 2.05) is 4.68 Å². The molecule has 0 bridgehead atoms. The number of aromatic nitrogens is 3. The summed E-state index contributed by atoms with van der Waals surface area (Å²) >= 11 is 0. The topological polar surface area (TPSA) is 76.4 Å². The maximum atomic E-state index is 13.7. The summed E-state index contributed by atoms with van der Waals surface area (Å²) in [6.45, 7) is 1.53. The van der Waals surface area contributed by atoms with Crippen molar-refractivity contribution in [2.45, 2.75) is 38.5 Å². The number of benzene rings is 1. The van der Waals surface area contributed by atoms with Gasteiger partial charge in [0.15, 0.2) is 11.8 Å². The SMILES string of the molecule is CN=C(NCCc1cc(F)ccc1F)NC1CCc2nc(COC)nn2C1. The van der Waals surface area contributed by atoms with E-state index < -0.39 is 11.6 Å². The van der Waals surface area contributed by atoms with Crippen LogP contribution in [-0.4, -0.2) is 47.5 Å². The zero-order chi connectivity index (χ0) is 19.2. The highest BCUT2D eigenvalue weighted by atomic mass is 19.1. The predicted octanol–water partition coefficient (Wildman–Crippen LogP) is 1.43. The van der Waals surface area contributed by atoms with Gasteiger partial charge in [-0.1, -0.05) is 0 Å². The molecule has 2 aromatic rings. The average Bonchev–Trinajstić information content (AvgIpc) is 3.05. The van der Waals surface area contributed by atoms with Crippen LogP contribution in [0.15, 0.2) is 23.2 Å². The lowest BCUT2D eigenvalue weighted by atomic mass is 10.1. The Bertz CT molecular complexity index is 807. The summed E-state index contributed by atoms with van der Waals surface area (Å²) < 4.78 is 33.9. The molecule has 1 aromatic carbocycles. The molecule has 0 spiro atoms. The van der Waals surface area contributed by atoms with Crippen molar-refractivity contribution in [3.8, 4) is 0 Å². The van der Waals surface area contributed by atoms with Crippen LogP contribution in [-0.2, 0) is 30.7 Å². The highest BCUT2D eigenvalue weighted by Crippen LogP contribution is 2.13. The van der Waals surface area contributed by atoms with Crippen LogP contribution in [0.3, 0.4) is 0 Å². The Morgan fingerprint density at radius 3 is 3.04 bits per heavy atom. The molecule has 0 aliphatic carbocycles. The Balaban J connectivity index is 1.51. The second kappa shape index (κ2) is 8.90. The van der Waals surface area contributed by atoms with Crippen molar-refractivity contribution in [1.82, 2.24) is 25.4 Å². The second-order valence-electron chi connectivity index (χ2n) is 6.42. The molecule has 1 atom stereocenters. The van der Waals surface area contributed by atoms with Gasteiger partial charge in [0.05, 0.1) is 6.54 Å². The number of halogens is 2. The Hall–Kier alpha value is -2.55. The molecule has 0 fully saturated rings. The van der Waals surface area contributed by atoms with Crippen LogP contribution in [0.5, 0.6) is 0 Å². The van der Waals surface area contributed by atoms with Crippen molar-refractivity contribution >= 4 is 5.96 Å². The van der Waals surface area contributed by atoms with Gasteiger partial charge in [-0.05, 0) is 36.6 Å². The number of aliphatic imine (C=N–C) groups is 1. The number of fused-ring (bicyclic) bond motifs is 1. The quantitative estimate of drug-likeness (QED) is 0.587. The fourth-order valence-corrected chi connectivity index (χ4v) is 3.11. The summed E-state index contributed by atoms with van der Waals surface area (Å²) in [6, 6.07) is 3.64. The van der Waals surface area contributed by atoms with Gasteiger partial charge in [-0.3, -0.25) is 4.99 Å². The van der Waals surface area contributed by atoms with E-state index in [0.717, 1.165) is 30.8 Å². The van der Waals surface area contributed by atoms with Gasteiger partial charge in [0.1, 0.15) is 24.1 Å². The predicted molar refractivity (Wildman–Crippen MR) is 97.4 cm³/mol. The van der Waals surface area contributed by atoms with Gasteiger partial charge in [0.25, 0.3) is 0 Å². The highest BCUT2D eigenvalue weighted by Gasteiger charge is 2.22. The monoisotopic (exact) mass is 378 g/mol. The zero-order valence-corrected chi connectivity index (χ0v) is 15.5. The summed E-state index contributed by atoms with van der Waals surface area (Å²) in [5.74, 6) is 1.43. The molecule has 1 aliphatic rings. The third kappa shape index (κ3) is 5.00. The minimum absolute atomic E-state index is 0.159. The van der Waals surface area contributed by atoms with Crippen LogP contribution in [0.2, 0.25) is 0 Å². The lowest BCUT2D eigenvalue weighted by molar-refractivity contribution is 0.177. The first-order chi connectivity index (χ1) is 13.1. The fourth-order valence-electron chi connectivity index (χ4n) is 3.11. The van der Waals surface area contributed by atoms with Crippen molar-refractivity contribution in [2.24, 2.45) is 4.99 Å². The fraction of sp³-hybridized carbons (Fsp3) is 0.500. The lowest BCUT2D eigenvalue weighted by Crippen LogP contribution is -2.47. The maximum absolute atomic E-state index is 13.7. The van der Waals surface area contributed by atoms with Crippen molar-refractivity contribution < 1.29 is 13.5 Å². The molecule has 1 aromatic heterocycles. The highest BCUT2D eigenvalue weighted by molar-refractivity contribution is 5.79. The van der Waals surface area contributed by atoms with Crippen molar-refractivity contribution in [3.05, 3.63) is 47.0 Å². The molecule has 0 saturated heterocycles. The number of nitrogens with one attached hydrogen (secondary N) is 2. The molecule has 3 rings (SSSR count). The minimum atomic E-state index is -0.437. The van der Waals surface area contributed by atoms with Crippen LogP contribution in [0, 0.1) is 11.6 Å². The molecule has 0 amide bonds. The van der Waals surface area contributed by atoms with Gasteiger partial charge in [0, 0.05) is 33.2 Å². The van der Waals surface area contributed by atoms with E-state index in [4.69, 9.17) is 4.74 Å². The Morgan fingerprint density at radius 1 is 1.41 bits per heavy atom. The third-order valence-electron chi connectivity index (χ3n) is 4.43. The zero-order valence-electron chi connectivity index (χ0n) is 15.5. The van der Waals surface area contributed by atoms with E-state index >= 15 is 0 Å².